The van der Waals surface area contributed by atoms with Crippen molar-refractivity contribution in [3.05, 3.63) is 84.2 Å². The zero-order valence-electron chi connectivity index (χ0n) is 16.6. The molecule has 0 amide bonds. The lowest BCUT2D eigenvalue weighted by atomic mass is 9.83. The van der Waals surface area contributed by atoms with Crippen molar-refractivity contribution in [2.45, 2.75) is 5.54 Å². The normalized spacial score (nSPS) is 17.0. The smallest absolute Gasteiger partial charge is 0.290 e. The maximum absolute atomic E-state index is 12.3. The number of carboxylic acid groups (broad SMARTS) is 1. The van der Waals surface area contributed by atoms with Crippen molar-refractivity contribution >= 4 is 12.5 Å². The van der Waals surface area contributed by atoms with Gasteiger partial charge < -0.3 is 20.3 Å². The van der Waals surface area contributed by atoms with E-state index in [1.807, 2.05) is 60.8 Å². The first-order valence-corrected chi connectivity index (χ1v) is 9.49. The highest BCUT2D eigenvalue weighted by Gasteiger charge is 2.40. The quantitative estimate of drug-likeness (QED) is 0.589. The highest BCUT2D eigenvalue weighted by Crippen LogP contribution is 2.39. The minimum absolute atomic E-state index is 0.0336. The number of aliphatic imine (C=N–C) groups is 1. The minimum Gasteiger partial charge on any atom is -0.491 e. The van der Waals surface area contributed by atoms with Crippen LogP contribution in [0.25, 0.3) is 11.1 Å². The van der Waals surface area contributed by atoms with E-state index in [-0.39, 0.29) is 19.1 Å². The molecule has 0 bridgehead atoms. The summed E-state index contributed by atoms with van der Waals surface area (Å²) < 4.78 is 23.2. The molecule has 0 saturated heterocycles. The zero-order chi connectivity index (χ0) is 22.1. The first kappa shape index (κ1) is 21.8. The summed E-state index contributed by atoms with van der Waals surface area (Å²) in [4.78, 5) is 17.2. The van der Waals surface area contributed by atoms with Gasteiger partial charge in [0.15, 0.2) is 5.54 Å². The fraction of sp³-hybridized carbons (Fsp3) is 0.174. The number of nitrogens with two attached hydrogens (primary N) is 1. The van der Waals surface area contributed by atoms with Gasteiger partial charge in [-0.2, -0.15) is 0 Å². The summed E-state index contributed by atoms with van der Waals surface area (Å²) in [6.45, 7) is -0.437. The molecule has 1 atom stereocenters. The molecule has 4 rings (SSSR count). The number of rotatable bonds is 6. The summed E-state index contributed by atoms with van der Waals surface area (Å²) in [5.41, 5.74) is 9.07. The van der Waals surface area contributed by atoms with Crippen LogP contribution in [0.15, 0.2) is 78.0 Å². The average molecular weight is 423 g/mol. The summed E-state index contributed by atoms with van der Waals surface area (Å²) >= 11 is 0. The van der Waals surface area contributed by atoms with E-state index >= 15 is 0 Å². The molecule has 2 heterocycles. The highest BCUT2D eigenvalue weighted by atomic mass is 19.1. The number of benzene rings is 2. The van der Waals surface area contributed by atoms with Gasteiger partial charge >= 0.3 is 0 Å². The third kappa shape index (κ3) is 4.98. The van der Waals surface area contributed by atoms with Gasteiger partial charge in [0.1, 0.15) is 25.6 Å². The van der Waals surface area contributed by atoms with Crippen molar-refractivity contribution < 1.29 is 23.8 Å². The van der Waals surface area contributed by atoms with Gasteiger partial charge in [-0.25, -0.2) is 9.38 Å². The molecular weight excluding hydrogens is 401 g/mol. The van der Waals surface area contributed by atoms with Gasteiger partial charge in [0.25, 0.3) is 12.5 Å². The van der Waals surface area contributed by atoms with Gasteiger partial charge in [0, 0.05) is 12.4 Å². The van der Waals surface area contributed by atoms with Crippen LogP contribution in [0.5, 0.6) is 5.75 Å². The number of alkyl halides is 1. The zero-order valence-corrected chi connectivity index (χ0v) is 16.6. The molecule has 2 aromatic carbocycles. The Bertz CT molecular complexity index is 1030. The Hall–Kier alpha value is -3.94. The summed E-state index contributed by atoms with van der Waals surface area (Å²) in [6.07, 6.45) is 3.57. The molecule has 1 unspecified atom stereocenters. The molecule has 0 saturated carbocycles. The van der Waals surface area contributed by atoms with E-state index in [9.17, 15) is 4.39 Å². The Balaban J connectivity index is 0.000000858. The topological polar surface area (TPSA) is 107 Å². The monoisotopic (exact) mass is 423 g/mol. The first-order chi connectivity index (χ1) is 15.1. The van der Waals surface area contributed by atoms with Crippen molar-refractivity contribution in [1.29, 1.82) is 0 Å². The maximum Gasteiger partial charge on any atom is 0.290 e. The molecule has 1 aliphatic rings. The van der Waals surface area contributed by atoms with E-state index in [0.29, 0.717) is 12.4 Å². The third-order valence-electron chi connectivity index (χ3n) is 4.74. The molecule has 0 spiro atoms. The van der Waals surface area contributed by atoms with E-state index in [1.165, 1.54) is 0 Å². The number of hydrogen-bond donors (Lipinski definition) is 2. The standard InChI is InChI=1S/C22H20FN3O2.CH2O2/c23-10-12-27-20-8-6-18(7-9-20)22(15-28-21(24)26-22)19-5-1-3-16(13-19)17-4-2-11-25-14-17;2-1-3/h1-9,11,13-14H,10,12,15H2,(H2,24,26);1H,(H,2,3). The molecule has 0 aliphatic carbocycles. The van der Waals surface area contributed by atoms with Gasteiger partial charge in [-0.3, -0.25) is 9.78 Å². The van der Waals surface area contributed by atoms with Gasteiger partial charge in [-0.05, 0) is 46.5 Å². The molecule has 0 fully saturated rings. The van der Waals surface area contributed by atoms with E-state index < -0.39 is 12.2 Å². The lowest BCUT2D eigenvalue weighted by molar-refractivity contribution is -0.122. The van der Waals surface area contributed by atoms with Crippen LogP contribution in [-0.2, 0) is 15.1 Å². The van der Waals surface area contributed by atoms with Gasteiger partial charge in [0.05, 0.1) is 0 Å². The lowest BCUT2D eigenvalue weighted by Gasteiger charge is -2.26. The van der Waals surface area contributed by atoms with Crippen molar-refractivity contribution in [3.8, 4) is 16.9 Å². The Labute approximate surface area is 179 Å². The molecular formula is C23H22FN3O4. The van der Waals surface area contributed by atoms with Crippen LogP contribution in [0.1, 0.15) is 11.1 Å². The van der Waals surface area contributed by atoms with E-state index in [2.05, 4.69) is 16.0 Å². The Morgan fingerprint density at radius 1 is 1.13 bits per heavy atom. The van der Waals surface area contributed by atoms with Crippen LogP contribution in [0.2, 0.25) is 0 Å². The molecule has 0 radical (unpaired) electrons. The number of halogens is 1. The van der Waals surface area contributed by atoms with Crippen LogP contribution in [0, 0.1) is 0 Å². The summed E-state index contributed by atoms with van der Waals surface area (Å²) in [6, 6.07) is 19.6. The van der Waals surface area contributed by atoms with Gasteiger partial charge in [-0.1, -0.05) is 36.4 Å². The SMILES string of the molecule is NC1=NC(c2ccc(OCCF)cc2)(c2cccc(-c3cccnc3)c2)CO1.O=CO. The average Bonchev–Trinajstić information content (AvgIpc) is 3.22. The minimum atomic E-state index is -0.749. The predicted molar refractivity (Wildman–Crippen MR) is 115 cm³/mol. The molecule has 160 valence electrons. The predicted octanol–water partition coefficient (Wildman–Crippen LogP) is 3.39. The number of aromatic nitrogens is 1. The van der Waals surface area contributed by atoms with E-state index in [1.54, 1.807) is 6.20 Å². The number of ether oxygens (including phenoxy) is 2. The van der Waals surface area contributed by atoms with Crippen molar-refractivity contribution in [2.75, 3.05) is 19.9 Å². The van der Waals surface area contributed by atoms with Crippen molar-refractivity contribution in [3.63, 3.8) is 0 Å². The Morgan fingerprint density at radius 3 is 2.48 bits per heavy atom. The fourth-order valence-electron chi connectivity index (χ4n) is 3.37. The van der Waals surface area contributed by atoms with Crippen LogP contribution in [0.4, 0.5) is 4.39 Å². The van der Waals surface area contributed by atoms with E-state index in [0.717, 1.165) is 22.3 Å². The number of carbonyl (C=O) groups is 1. The number of pyridine rings is 1. The van der Waals surface area contributed by atoms with Crippen LogP contribution >= 0.6 is 0 Å². The Morgan fingerprint density at radius 2 is 1.87 bits per heavy atom. The molecule has 3 N–H and O–H groups in total. The summed E-state index contributed by atoms with van der Waals surface area (Å²) in [7, 11) is 0. The molecule has 7 nitrogen and oxygen atoms in total. The van der Waals surface area contributed by atoms with Crippen LogP contribution in [-0.4, -0.2) is 42.5 Å². The van der Waals surface area contributed by atoms with Crippen molar-refractivity contribution in [1.82, 2.24) is 4.98 Å². The number of nitrogens with zero attached hydrogens (tertiary/aromatic N) is 2. The third-order valence-corrected chi connectivity index (χ3v) is 4.74. The second-order valence-corrected chi connectivity index (χ2v) is 6.59. The number of amidine groups is 1. The molecule has 31 heavy (non-hydrogen) atoms. The molecule has 1 aromatic heterocycles. The van der Waals surface area contributed by atoms with E-state index in [4.69, 9.17) is 25.1 Å². The van der Waals surface area contributed by atoms with Crippen LogP contribution in [0.3, 0.4) is 0 Å². The summed E-state index contributed by atoms with van der Waals surface area (Å²) in [5, 5.41) is 6.89. The van der Waals surface area contributed by atoms with Gasteiger partial charge in [-0.15, -0.1) is 0 Å². The second kappa shape index (κ2) is 10.2. The maximum atomic E-state index is 12.3. The first-order valence-electron chi connectivity index (χ1n) is 9.49. The summed E-state index contributed by atoms with van der Waals surface area (Å²) in [5.74, 6) is 0.608. The van der Waals surface area contributed by atoms with Crippen LogP contribution < -0.4 is 10.5 Å². The number of hydrogen-bond acceptors (Lipinski definition) is 6. The largest absolute Gasteiger partial charge is 0.491 e. The Kier molecular flexibility index (Phi) is 7.16. The second-order valence-electron chi connectivity index (χ2n) is 6.59. The van der Waals surface area contributed by atoms with Gasteiger partial charge in [0.2, 0.25) is 0 Å². The van der Waals surface area contributed by atoms with Crippen molar-refractivity contribution in [2.24, 2.45) is 10.7 Å². The molecule has 1 aliphatic heterocycles. The lowest BCUT2D eigenvalue weighted by Crippen LogP contribution is -2.27. The molecule has 8 heteroatoms. The fourth-order valence-corrected chi connectivity index (χ4v) is 3.37. The molecule has 3 aromatic rings. The highest BCUT2D eigenvalue weighted by molar-refractivity contribution is 5.75.